The highest BCUT2D eigenvalue weighted by atomic mass is 79.9. The molecule has 0 saturated heterocycles. The number of nitrogens with zero attached hydrogens (tertiary/aromatic N) is 3. The lowest BCUT2D eigenvalue weighted by Crippen LogP contribution is -2.23. The van der Waals surface area contributed by atoms with Crippen molar-refractivity contribution in [3.63, 3.8) is 0 Å². The van der Waals surface area contributed by atoms with Crippen LogP contribution in [0.1, 0.15) is 51.4 Å². The Morgan fingerprint density at radius 1 is 1.18 bits per heavy atom. The van der Waals surface area contributed by atoms with E-state index in [2.05, 4.69) is 32.9 Å². The molecule has 1 aromatic heterocycles. The summed E-state index contributed by atoms with van der Waals surface area (Å²) < 4.78 is 8.02. The van der Waals surface area contributed by atoms with Gasteiger partial charge in [0.15, 0.2) is 0 Å². The van der Waals surface area contributed by atoms with Crippen molar-refractivity contribution >= 4 is 33.0 Å². The van der Waals surface area contributed by atoms with Gasteiger partial charge in [-0.3, -0.25) is 4.79 Å². The lowest BCUT2D eigenvalue weighted by molar-refractivity contribution is 0.217. The van der Waals surface area contributed by atoms with E-state index in [-0.39, 0.29) is 17.6 Å². The molecule has 5 nitrogen and oxygen atoms in total. The highest BCUT2D eigenvalue weighted by Crippen LogP contribution is 2.19. The molecule has 0 aliphatic carbocycles. The summed E-state index contributed by atoms with van der Waals surface area (Å²) in [6.07, 6.45) is 2.80. The van der Waals surface area contributed by atoms with Crippen molar-refractivity contribution in [2.45, 2.75) is 46.1 Å². The molecule has 1 atom stereocenters. The molecule has 0 spiro atoms. The zero-order chi connectivity index (χ0) is 20.3. The normalized spacial score (nSPS) is 12.8. The van der Waals surface area contributed by atoms with E-state index in [1.807, 2.05) is 57.2 Å². The molecule has 0 unspecified atom stereocenters. The predicted octanol–water partition coefficient (Wildman–Crippen LogP) is 5.34. The van der Waals surface area contributed by atoms with Crippen LogP contribution in [0.5, 0.6) is 5.75 Å². The van der Waals surface area contributed by atoms with Crippen LogP contribution in [-0.2, 0) is 0 Å². The van der Waals surface area contributed by atoms with Crippen molar-refractivity contribution in [2.24, 2.45) is 5.10 Å². The molecule has 3 rings (SSSR count). The summed E-state index contributed by atoms with van der Waals surface area (Å²) >= 11 is 3.42. The predicted molar refractivity (Wildman–Crippen MR) is 118 cm³/mol. The molecule has 0 aliphatic rings. The minimum Gasteiger partial charge on any atom is -0.491 e. The largest absolute Gasteiger partial charge is 0.491 e. The third kappa shape index (κ3) is 4.50. The minimum absolute atomic E-state index is 0.0594. The van der Waals surface area contributed by atoms with Crippen LogP contribution >= 0.6 is 15.9 Å². The van der Waals surface area contributed by atoms with Crippen LogP contribution in [0.4, 0.5) is 0 Å². The lowest BCUT2D eigenvalue weighted by Gasteiger charge is -2.13. The van der Waals surface area contributed by atoms with E-state index in [1.165, 1.54) is 4.68 Å². The van der Waals surface area contributed by atoms with Crippen molar-refractivity contribution in [3.8, 4) is 5.75 Å². The average molecular weight is 442 g/mol. The SMILES string of the molecule is CC[C@@H](C)Oc1ccc(C=Nn2c(C(C)C)nc3ccc(Br)cc3c2=O)cc1. The quantitative estimate of drug-likeness (QED) is 0.484. The van der Waals surface area contributed by atoms with Gasteiger partial charge >= 0.3 is 0 Å². The highest BCUT2D eigenvalue weighted by Gasteiger charge is 2.13. The monoisotopic (exact) mass is 441 g/mol. The summed E-state index contributed by atoms with van der Waals surface area (Å²) in [6.45, 7) is 8.13. The fourth-order valence-electron chi connectivity index (χ4n) is 2.72. The fourth-order valence-corrected chi connectivity index (χ4v) is 3.08. The second-order valence-electron chi connectivity index (χ2n) is 7.05. The Labute approximate surface area is 173 Å². The fraction of sp³-hybridized carbons (Fsp3) is 0.318. The molecule has 146 valence electrons. The summed E-state index contributed by atoms with van der Waals surface area (Å²) in [6, 6.07) is 13.2. The summed E-state index contributed by atoms with van der Waals surface area (Å²) in [7, 11) is 0. The van der Waals surface area contributed by atoms with Crippen LogP contribution < -0.4 is 10.3 Å². The molecule has 0 saturated carbocycles. The van der Waals surface area contributed by atoms with Gasteiger partial charge < -0.3 is 4.74 Å². The molecule has 0 fully saturated rings. The van der Waals surface area contributed by atoms with E-state index in [4.69, 9.17) is 4.74 Å². The Morgan fingerprint density at radius 2 is 1.89 bits per heavy atom. The van der Waals surface area contributed by atoms with E-state index in [0.717, 1.165) is 22.2 Å². The Balaban J connectivity index is 1.97. The van der Waals surface area contributed by atoms with Crippen molar-refractivity contribution in [1.29, 1.82) is 0 Å². The van der Waals surface area contributed by atoms with Crippen LogP contribution in [-0.4, -0.2) is 22.0 Å². The van der Waals surface area contributed by atoms with E-state index in [1.54, 1.807) is 12.3 Å². The van der Waals surface area contributed by atoms with E-state index >= 15 is 0 Å². The average Bonchev–Trinajstić information content (AvgIpc) is 2.68. The summed E-state index contributed by atoms with van der Waals surface area (Å²) in [4.78, 5) is 17.7. The van der Waals surface area contributed by atoms with E-state index in [0.29, 0.717) is 16.7 Å². The number of fused-ring (bicyclic) bond motifs is 1. The van der Waals surface area contributed by atoms with Crippen LogP contribution in [0.25, 0.3) is 10.9 Å². The maximum atomic E-state index is 13.0. The van der Waals surface area contributed by atoms with E-state index in [9.17, 15) is 4.79 Å². The van der Waals surface area contributed by atoms with Crippen molar-refractivity contribution < 1.29 is 4.74 Å². The van der Waals surface area contributed by atoms with Crippen molar-refractivity contribution in [1.82, 2.24) is 9.66 Å². The van der Waals surface area contributed by atoms with Gasteiger partial charge in [0.1, 0.15) is 11.6 Å². The smallest absolute Gasteiger partial charge is 0.282 e. The molecule has 0 bridgehead atoms. The second kappa shape index (κ2) is 8.69. The number of aromatic nitrogens is 2. The molecular weight excluding hydrogens is 418 g/mol. The zero-order valence-corrected chi connectivity index (χ0v) is 18.1. The summed E-state index contributed by atoms with van der Waals surface area (Å²) in [5.74, 6) is 1.51. The van der Waals surface area contributed by atoms with Gasteiger partial charge in [-0.1, -0.05) is 36.7 Å². The van der Waals surface area contributed by atoms with Crippen LogP contribution in [0.2, 0.25) is 0 Å². The molecule has 3 aromatic rings. The first kappa shape index (κ1) is 20.3. The number of hydrogen-bond donors (Lipinski definition) is 0. The molecule has 0 amide bonds. The Morgan fingerprint density at radius 3 is 2.54 bits per heavy atom. The van der Waals surface area contributed by atoms with Crippen LogP contribution in [0, 0.1) is 0 Å². The minimum atomic E-state index is -0.178. The molecule has 0 radical (unpaired) electrons. The standard InChI is InChI=1S/C22H24BrN3O2/c1-5-15(4)28-18-9-6-16(7-10-18)13-24-26-21(14(2)3)25-20-11-8-17(23)12-19(20)22(26)27/h6-15H,5H2,1-4H3/t15-/m1/s1. The number of rotatable bonds is 6. The van der Waals surface area contributed by atoms with Gasteiger partial charge in [0.25, 0.3) is 5.56 Å². The number of ether oxygens (including phenoxy) is 1. The van der Waals surface area contributed by atoms with Crippen molar-refractivity contribution in [3.05, 3.63) is 68.7 Å². The molecule has 1 heterocycles. The first-order valence-electron chi connectivity index (χ1n) is 9.42. The van der Waals surface area contributed by atoms with Crippen molar-refractivity contribution in [2.75, 3.05) is 0 Å². The van der Waals surface area contributed by atoms with E-state index < -0.39 is 0 Å². The topological polar surface area (TPSA) is 56.5 Å². The third-order valence-electron chi connectivity index (χ3n) is 4.46. The molecule has 0 aliphatic heterocycles. The van der Waals surface area contributed by atoms with Gasteiger partial charge in [0, 0.05) is 10.4 Å². The number of halogens is 1. The maximum Gasteiger partial charge on any atom is 0.282 e. The Hall–Kier alpha value is -2.47. The first-order valence-corrected chi connectivity index (χ1v) is 10.2. The first-order chi connectivity index (χ1) is 13.4. The molecule has 0 N–H and O–H groups in total. The maximum absolute atomic E-state index is 13.0. The zero-order valence-electron chi connectivity index (χ0n) is 16.5. The number of benzene rings is 2. The molecule has 6 heteroatoms. The summed E-state index contributed by atoms with van der Waals surface area (Å²) in [5, 5.41) is 4.98. The molecular formula is C22H24BrN3O2. The Kier molecular flexibility index (Phi) is 6.29. The second-order valence-corrected chi connectivity index (χ2v) is 7.97. The van der Waals surface area contributed by atoms with Crippen LogP contribution in [0.3, 0.4) is 0 Å². The Bertz CT molecular complexity index is 1060. The lowest BCUT2D eigenvalue weighted by atomic mass is 10.2. The van der Waals surface area contributed by atoms with Gasteiger partial charge in [-0.15, -0.1) is 0 Å². The highest BCUT2D eigenvalue weighted by molar-refractivity contribution is 9.10. The van der Waals surface area contributed by atoms with Gasteiger partial charge in [0.2, 0.25) is 0 Å². The van der Waals surface area contributed by atoms with Gasteiger partial charge in [-0.25, -0.2) is 4.98 Å². The summed E-state index contributed by atoms with van der Waals surface area (Å²) in [5.41, 5.74) is 1.38. The molecule has 2 aromatic carbocycles. The van der Waals surface area contributed by atoms with Crippen LogP contribution in [0.15, 0.2) is 56.8 Å². The van der Waals surface area contributed by atoms with Gasteiger partial charge in [0.05, 0.1) is 23.2 Å². The third-order valence-corrected chi connectivity index (χ3v) is 4.96. The van der Waals surface area contributed by atoms with Gasteiger partial charge in [-0.2, -0.15) is 9.78 Å². The molecule has 28 heavy (non-hydrogen) atoms. The number of hydrogen-bond acceptors (Lipinski definition) is 4. The van der Waals surface area contributed by atoms with Gasteiger partial charge in [-0.05, 0) is 61.4 Å².